The van der Waals surface area contributed by atoms with Crippen LogP contribution in [0.15, 0.2) is 48.9 Å². The van der Waals surface area contributed by atoms with Gasteiger partial charge in [0, 0.05) is 25.9 Å². The number of rotatable bonds is 5. The lowest BCUT2D eigenvalue weighted by molar-refractivity contribution is 0.778. The van der Waals surface area contributed by atoms with Gasteiger partial charge in [-0.1, -0.05) is 25.1 Å². The molecular weight excluding hydrogens is 326 g/mol. The monoisotopic (exact) mass is 347 g/mol. The molecule has 3 aromatic heterocycles. The van der Waals surface area contributed by atoms with Crippen LogP contribution in [0.5, 0.6) is 0 Å². The Balaban J connectivity index is 1.74. The molecule has 4 rings (SSSR count). The lowest BCUT2D eigenvalue weighted by Crippen LogP contribution is -2.13. The summed E-state index contributed by atoms with van der Waals surface area (Å²) in [7, 11) is 1.90. The zero-order chi connectivity index (χ0) is 18.1. The van der Waals surface area contributed by atoms with Gasteiger partial charge in [-0.25, -0.2) is 14.6 Å². The Labute approximate surface area is 151 Å². The summed E-state index contributed by atoms with van der Waals surface area (Å²) in [5, 5.41) is 13.2. The maximum atomic E-state index is 4.69. The van der Waals surface area contributed by atoms with E-state index in [0.29, 0.717) is 0 Å². The molecule has 0 fully saturated rings. The molecule has 1 atom stereocenters. The number of aryl methyl sites for hydroxylation is 2. The molecule has 0 aliphatic rings. The number of hydrogen-bond donors (Lipinski definition) is 1. The summed E-state index contributed by atoms with van der Waals surface area (Å²) in [4.78, 5) is 9.28. The quantitative estimate of drug-likeness (QED) is 0.600. The molecule has 0 saturated heterocycles. The topological polar surface area (TPSA) is 73.5 Å². The zero-order valence-corrected chi connectivity index (χ0v) is 15.1. The van der Waals surface area contributed by atoms with Gasteiger partial charge in [-0.2, -0.15) is 10.2 Å². The molecule has 0 amide bonds. The van der Waals surface area contributed by atoms with Crippen LogP contribution in [0.4, 0.5) is 5.82 Å². The summed E-state index contributed by atoms with van der Waals surface area (Å²) in [6.07, 6.45) is 6.31. The van der Waals surface area contributed by atoms with E-state index in [9.17, 15) is 0 Å². The molecule has 7 heteroatoms. The standard InChI is InChI=1S/C19H21N7/c1-4-17-23-18(15-12-21-25(3)19(15)24-17)22-13(2)14-8-5-6-9-16(14)26-11-7-10-20-26/h5-13H,4H2,1-3H3,(H,22,23,24)/t13-/m0/s1. The van der Waals surface area contributed by atoms with Gasteiger partial charge < -0.3 is 5.32 Å². The normalized spacial score (nSPS) is 12.4. The minimum atomic E-state index is 0.0402. The van der Waals surface area contributed by atoms with Crippen LogP contribution in [-0.4, -0.2) is 29.5 Å². The Morgan fingerprint density at radius 1 is 1.12 bits per heavy atom. The van der Waals surface area contributed by atoms with Crippen LogP contribution in [0, 0.1) is 0 Å². The largest absolute Gasteiger partial charge is 0.363 e. The number of anilines is 1. The Hall–Kier alpha value is -3.22. The lowest BCUT2D eigenvalue weighted by Gasteiger charge is -2.19. The van der Waals surface area contributed by atoms with Crippen molar-refractivity contribution in [3.8, 4) is 5.69 Å². The summed E-state index contributed by atoms with van der Waals surface area (Å²) in [5.74, 6) is 1.61. The minimum Gasteiger partial charge on any atom is -0.363 e. The third-order valence-electron chi connectivity index (χ3n) is 4.46. The van der Waals surface area contributed by atoms with E-state index in [1.165, 1.54) is 0 Å². The first kappa shape index (κ1) is 16.3. The van der Waals surface area contributed by atoms with Crippen LogP contribution in [0.2, 0.25) is 0 Å². The molecule has 0 unspecified atom stereocenters. The zero-order valence-electron chi connectivity index (χ0n) is 15.1. The molecule has 3 heterocycles. The highest BCUT2D eigenvalue weighted by molar-refractivity contribution is 5.86. The van der Waals surface area contributed by atoms with Gasteiger partial charge in [-0.05, 0) is 24.6 Å². The number of para-hydroxylation sites is 1. The lowest BCUT2D eigenvalue weighted by atomic mass is 10.1. The first-order valence-electron chi connectivity index (χ1n) is 8.71. The highest BCUT2D eigenvalue weighted by Gasteiger charge is 2.16. The van der Waals surface area contributed by atoms with Crippen molar-refractivity contribution < 1.29 is 0 Å². The number of nitrogens with one attached hydrogen (secondary N) is 1. The van der Waals surface area contributed by atoms with E-state index in [-0.39, 0.29) is 6.04 Å². The third kappa shape index (κ3) is 2.81. The van der Waals surface area contributed by atoms with E-state index in [0.717, 1.165) is 40.3 Å². The Morgan fingerprint density at radius 2 is 1.96 bits per heavy atom. The smallest absolute Gasteiger partial charge is 0.163 e. The molecule has 0 bridgehead atoms. The van der Waals surface area contributed by atoms with Crippen LogP contribution in [0.25, 0.3) is 16.7 Å². The second-order valence-corrected chi connectivity index (χ2v) is 6.22. The molecular formula is C19H21N7. The number of fused-ring (bicyclic) bond motifs is 1. The van der Waals surface area contributed by atoms with Crippen LogP contribution in [-0.2, 0) is 13.5 Å². The van der Waals surface area contributed by atoms with Crippen LogP contribution >= 0.6 is 0 Å². The molecule has 26 heavy (non-hydrogen) atoms. The molecule has 4 aromatic rings. The Kier molecular flexibility index (Phi) is 4.12. The third-order valence-corrected chi connectivity index (χ3v) is 4.46. The first-order valence-corrected chi connectivity index (χ1v) is 8.71. The van der Waals surface area contributed by atoms with Crippen molar-refractivity contribution in [2.75, 3.05) is 5.32 Å². The molecule has 0 saturated carbocycles. The average Bonchev–Trinajstić information content (AvgIpc) is 3.32. The van der Waals surface area contributed by atoms with Crippen molar-refractivity contribution in [2.24, 2.45) is 7.05 Å². The highest BCUT2D eigenvalue weighted by Crippen LogP contribution is 2.27. The van der Waals surface area contributed by atoms with Crippen LogP contribution < -0.4 is 5.32 Å². The van der Waals surface area contributed by atoms with E-state index >= 15 is 0 Å². The van der Waals surface area contributed by atoms with Gasteiger partial charge in [0.15, 0.2) is 5.65 Å². The van der Waals surface area contributed by atoms with Gasteiger partial charge in [-0.15, -0.1) is 0 Å². The van der Waals surface area contributed by atoms with Crippen molar-refractivity contribution in [2.45, 2.75) is 26.3 Å². The van der Waals surface area contributed by atoms with Crippen LogP contribution in [0.3, 0.4) is 0 Å². The summed E-state index contributed by atoms with van der Waals surface area (Å²) in [5.41, 5.74) is 3.03. The molecule has 0 aliphatic carbocycles. The molecule has 7 nitrogen and oxygen atoms in total. The molecule has 0 spiro atoms. The second kappa shape index (κ2) is 6.59. The summed E-state index contributed by atoms with van der Waals surface area (Å²) >= 11 is 0. The van der Waals surface area contributed by atoms with Gasteiger partial charge >= 0.3 is 0 Å². The number of benzene rings is 1. The first-order chi connectivity index (χ1) is 12.7. The number of nitrogens with zero attached hydrogens (tertiary/aromatic N) is 6. The van der Waals surface area contributed by atoms with E-state index in [1.54, 1.807) is 10.9 Å². The highest BCUT2D eigenvalue weighted by atomic mass is 15.3. The van der Waals surface area contributed by atoms with Crippen molar-refractivity contribution in [1.29, 1.82) is 0 Å². The summed E-state index contributed by atoms with van der Waals surface area (Å²) < 4.78 is 3.66. The van der Waals surface area contributed by atoms with Crippen molar-refractivity contribution in [3.63, 3.8) is 0 Å². The molecule has 0 radical (unpaired) electrons. The predicted molar refractivity (Wildman–Crippen MR) is 101 cm³/mol. The SMILES string of the molecule is CCc1nc(N[C@@H](C)c2ccccc2-n2cccn2)c2cnn(C)c2n1. The van der Waals surface area contributed by atoms with Gasteiger partial charge in [0.2, 0.25) is 0 Å². The fourth-order valence-corrected chi connectivity index (χ4v) is 3.09. The van der Waals surface area contributed by atoms with Gasteiger partial charge in [-0.3, -0.25) is 4.68 Å². The Bertz CT molecular complexity index is 1030. The van der Waals surface area contributed by atoms with Crippen molar-refractivity contribution in [3.05, 3.63) is 60.3 Å². The van der Waals surface area contributed by atoms with E-state index in [1.807, 2.05) is 42.3 Å². The summed E-state index contributed by atoms with van der Waals surface area (Å²) in [6.45, 7) is 4.18. The average molecular weight is 347 g/mol. The van der Waals surface area contributed by atoms with E-state index < -0.39 is 0 Å². The fraction of sp³-hybridized carbons (Fsp3) is 0.263. The fourth-order valence-electron chi connectivity index (χ4n) is 3.09. The second-order valence-electron chi connectivity index (χ2n) is 6.22. The van der Waals surface area contributed by atoms with E-state index in [4.69, 9.17) is 4.98 Å². The molecule has 132 valence electrons. The maximum absolute atomic E-state index is 4.69. The molecule has 1 N–H and O–H groups in total. The predicted octanol–water partition coefficient (Wildman–Crippen LogP) is 3.28. The van der Waals surface area contributed by atoms with Crippen molar-refractivity contribution >= 4 is 16.9 Å². The molecule has 0 aliphatic heterocycles. The molecule has 1 aromatic carbocycles. The van der Waals surface area contributed by atoms with Crippen LogP contribution in [0.1, 0.15) is 31.3 Å². The van der Waals surface area contributed by atoms with Crippen molar-refractivity contribution in [1.82, 2.24) is 29.5 Å². The maximum Gasteiger partial charge on any atom is 0.163 e. The number of aromatic nitrogens is 6. The summed E-state index contributed by atoms with van der Waals surface area (Å²) in [6, 6.07) is 10.2. The van der Waals surface area contributed by atoms with E-state index in [2.05, 4.69) is 46.5 Å². The van der Waals surface area contributed by atoms with Gasteiger partial charge in [0.1, 0.15) is 11.6 Å². The minimum absolute atomic E-state index is 0.0402. The number of hydrogen-bond acceptors (Lipinski definition) is 5. The van der Waals surface area contributed by atoms with Gasteiger partial charge in [0.05, 0.1) is 23.3 Å². The Morgan fingerprint density at radius 3 is 2.73 bits per heavy atom. The van der Waals surface area contributed by atoms with Gasteiger partial charge in [0.25, 0.3) is 0 Å².